The number of hydrogen-bond acceptors (Lipinski definition) is 4. The average molecular weight is 397 g/mol. The van der Waals surface area contributed by atoms with Gasteiger partial charge < -0.3 is 15.0 Å². The van der Waals surface area contributed by atoms with Gasteiger partial charge in [-0.25, -0.2) is 0 Å². The molecule has 0 radical (unpaired) electrons. The fourth-order valence-corrected chi connectivity index (χ4v) is 2.90. The number of allylic oxidation sites excluding steroid dienone is 1. The van der Waals surface area contributed by atoms with Gasteiger partial charge in [0, 0.05) is 37.7 Å². The molecule has 2 aromatic rings. The molecular weight excluding hydrogens is 368 g/mol. The highest BCUT2D eigenvalue weighted by atomic mass is 32.1. The maximum Gasteiger partial charge on any atom is 0.251 e. The Balaban J connectivity index is 2.44. The number of nitrogens with zero attached hydrogens (tertiary/aromatic N) is 1. The Morgan fingerprint density at radius 3 is 2.39 bits per heavy atom. The molecule has 0 saturated carbocycles. The highest BCUT2D eigenvalue weighted by molar-refractivity contribution is 7.81. The van der Waals surface area contributed by atoms with Crippen LogP contribution in [0.3, 0.4) is 0 Å². The monoisotopic (exact) mass is 396 g/mol. The van der Waals surface area contributed by atoms with E-state index in [0.717, 1.165) is 16.7 Å². The van der Waals surface area contributed by atoms with Crippen molar-refractivity contribution in [2.75, 3.05) is 27.8 Å². The van der Waals surface area contributed by atoms with Crippen molar-refractivity contribution in [2.45, 2.75) is 19.9 Å². The summed E-state index contributed by atoms with van der Waals surface area (Å²) in [4.78, 5) is 15.4. The van der Waals surface area contributed by atoms with Crippen molar-refractivity contribution < 1.29 is 9.53 Å². The van der Waals surface area contributed by atoms with E-state index in [1.165, 1.54) is 5.56 Å². The topological polar surface area (TPSA) is 41.6 Å². The molecule has 4 nitrogen and oxygen atoms in total. The summed E-state index contributed by atoms with van der Waals surface area (Å²) in [5, 5.41) is 2.97. The standard InChI is InChI=1S/C23H28N2O2S/c1-16-6-8-18(9-7-16)19-12-20(22(28)10-11-25(3)4)14-21(13-19)23(26)24-17(2)15-27-5/h6-14,17H,15H2,1-5H3,(H,24,26). The second-order valence-electron chi connectivity index (χ2n) is 7.14. The van der Waals surface area contributed by atoms with Gasteiger partial charge in [-0.2, -0.15) is 0 Å². The molecule has 5 heteroatoms. The van der Waals surface area contributed by atoms with Crippen molar-refractivity contribution in [3.05, 3.63) is 71.4 Å². The third-order valence-corrected chi connectivity index (χ3v) is 4.55. The number of carbonyl (C=O) groups is 1. The van der Waals surface area contributed by atoms with Gasteiger partial charge in [0.15, 0.2) is 0 Å². The summed E-state index contributed by atoms with van der Waals surface area (Å²) in [6.45, 7) is 4.42. The van der Waals surface area contributed by atoms with E-state index in [4.69, 9.17) is 17.0 Å². The van der Waals surface area contributed by atoms with Crippen molar-refractivity contribution in [3.63, 3.8) is 0 Å². The fourth-order valence-electron chi connectivity index (χ4n) is 2.73. The van der Waals surface area contributed by atoms with Crippen LogP contribution in [0.25, 0.3) is 11.1 Å². The Morgan fingerprint density at radius 2 is 1.79 bits per heavy atom. The van der Waals surface area contributed by atoms with E-state index in [-0.39, 0.29) is 11.9 Å². The number of benzene rings is 2. The molecule has 1 N–H and O–H groups in total. The number of hydrogen-bond donors (Lipinski definition) is 1. The molecule has 28 heavy (non-hydrogen) atoms. The molecule has 1 atom stereocenters. The summed E-state index contributed by atoms with van der Waals surface area (Å²) < 4.78 is 5.11. The molecule has 0 saturated heterocycles. The zero-order valence-electron chi connectivity index (χ0n) is 17.2. The lowest BCUT2D eigenvalue weighted by atomic mass is 9.97. The Labute approximate surface area is 173 Å². The summed E-state index contributed by atoms with van der Waals surface area (Å²) in [7, 11) is 5.50. The summed E-state index contributed by atoms with van der Waals surface area (Å²) in [5.74, 6) is -0.140. The first kappa shape index (κ1) is 21.8. The lowest BCUT2D eigenvalue weighted by molar-refractivity contribution is 0.0905. The van der Waals surface area contributed by atoms with Gasteiger partial charge >= 0.3 is 0 Å². The van der Waals surface area contributed by atoms with Crippen LogP contribution in [0.4, 0.5) is 0 Å². The first-order chi connectivity index (χ1) is 13.3. The molecule has 2 rings (SSSR count). The highest BCUT2D eigenvalue weighted by Gasteiger charge is 2.14. The van der Waals surface area contributed by atoms with Crippen LogP contribution in [0.1, 0.15) is 28.4 Å². The van der Waals surface area contributed by atoms with Crippen LogP contribution in [0.5, 0.6) is 0 Å². The maximum absolute atomic E-state index is 12.8. The molecule has 1 unspecified atom stereocenters. The van der Waals surface area contributed by atoms with E-state index in [1.807, 2.05) is 56.4 Å². The van der Waals surface area contributed by atoms with E-state index in [2.05, 4.69) is 36.5 Å². The molecule has 2 aromatic carbocycles. The van der Waals surface area contributed by atoms with Crippen LogP contribution >= 0.6 is 12.2 Å². The molecule has 0 bridgehead atoms. The minimum absolute atomic E-state index is 0.0791. The van der Waals surface area contributed by atoms with Crippen LogP contribution in [0, 0.1) is 6.92 Å². The molecule has 0 aliphatic carbocycles. The number of carbonyl (C=O) groups excluding carboxylic acids is 1. The van der Waals surface area contributed by atoms with Crippen molar-refractivity contribution >= 4 is 23.0 Å². The number of aryl methyl sites for hydroxylation is 1. The van der Waals surface area contributed by atoms with Gasteiger partial charge in [0.2, 0.25) is 0 Å². The predicted octanol–water partition coefficient (Wildman–Crippen LogP) is 4.22. The number of ether oxygens (including phenoxy) is 1. The maximum atomic E-state index is 12.8. The second-order valence-corrected chi connectivity index (χ2v) is 7.58. The quantitative estimate of drug-likeness (QED) is 0.412. The summed E-state index contributed by atoms with van der Waals surface area (Å²) in [5.41, 5.74) is 4.62. The molecule has 0 heterocycles. The molecule has 0 spiro atoms. The van der Waals surface area contributed by atoms with Crippen molar-refractivity contribution in [1.29, 1.82) is 0 Å². The Morgan fingerprint density at radius 1 is 1.14 bits per heavy atom. The molecule has 148 valence electrons. The van der Waals surface area contributed by atoms with Gasteiger partial charge in [0.25, 0.3) is 5.91 Å². The van der Waals surface area contributed by atoms with Gasteiger partial charge in [0.1, 0.15) is 0 Å². The van der Waals surface area contributed by atoms with Crippen LogP contribution in [-0.4, -0.2) is 49.5 Å². The number of methoxy groups -OCH3 is 1. The third kappa shape index (κ3) is 6.29. The van der Waals surface area contributed by atoms with Gasteiger partial charge in [-0.15, -0.1) is 0 Å². The van der Waals surface area contributed by atoms with Crippen molar-refractivity contribution in [1.82, 2.24) is 10.2 Å². The largest absolute Gasteiger partial charge is 0.383 e. The number of nitrogens with one attached hydrogen (secondary N) is 1. The van der Waals surface area contributed by atoms with Crippen LogP contribution in [-0.2, 0) is 4.74 Å². The molecule has 0 fully saturated rings. The average Bonchev–Trinajstić information content (AvgIpc) is 2.66. The van der Waals surface area contributed by atoms with Gasteiger partial charge in [-0.1, -0.05) is 42.0 Å². The summed E-state index contributed by atoms with van der Waals surface area (Å²) >= 11 is 5.58. The highest BCUT2D eigenvalue weighted by Crippen LogP contribution is 2.24. The lowest BCUT2D eigenvalue weighted by Crippen LogP contribution is -2.35. The number of rotatable bonds is 8. The fraction of sp³-hybridized carbons (Fsp3) is 0.304. The van der Waals surface area contributed by atoms with E-state index >= 15 is 0 Å². The van der Waals surface area contributed by atoms with Crippen molar-refractivity contribution in [2.24, 2.45) is 0 Å². The first-order valence-electron chi connectivity index (χ1n) is 9.21. The minimum atomic E-state index is -0.140. The molecule has 0 aromatic heterocycles. The molecule has 1 amide bonds. The summed E-state index contributed by atoms with van der Waals surface area (Å²) in [6.07, 6.45) is 3.78. The van der Waals surface area contributed by atoms with Crippen LogP contribution in [0.2, 0.25) is 0 Å². The Kier molecular flexibility index (Phi) is 7.91. The summed E-state index contributed by atoms with van der Waals surface area (Å²) in [6, 6.07) is 13.9. The van der Waals surface area contributed by atoms with Crippen LogP contribution in [0.15, 0.2) is 54.7 Å². The Bertz CT molecular complexity index is 857. The smallest absolute Gasteiger partial charge is 0.251 e. The molecular formula is C23H28N2O2S. The first-order valence-corrected chi connectivity index (χ1v) is 9.62. The lowest BCUT2D eigenvalue weighted by Gasteiger charge is -2.15. The molecule has 0 aliphatic heterocycles. The number of thiocarbonyl (C=S) groups is 1. The van der Waals surface area contributed by atoms with E-state index in [9.17, 15) is 4.79 Å². The van der Waals surface area contributed by atoms with Gasteiger partial charge in [-0.05, 0) is 61.0 Å². The van der Waals surface area contributed by atoms with E-state index in [0.29, 0.717) is 17.0 Å². The van der Waals surface area contributed by atoms with Crippen molar-refractivity contribution in [3.8, 4) is 11.1 Å². The zero-order valence-corrected chi connectivity index (χ0v) is 18.0. The zero-order chi connectivity index (χ0) is 20.7. The third-order valence-electron chi connectivity index (χ3n) is 4.18. The normalized spacial score (nSPS) is 12.0. The minimum Gasteiger partial charge on any atom is -0.383 e. The van der Waals surface area contributed by atoms with E-state index < -0.39 is 0 Å². The second kappa shape index (κ2) is 10.2. The van der Waals surface area contributed by atoms with Gasteiger partial charge in [-0.3, -0.25) is 4.79 Å². The van der Waals surface area contributed by atoms with E-state index in [1.54, 1.807) is 7.11 Å². The van der Waals surface area contributed by atoms with Gasteiger partial charge in [0.05, 0.1) is 6.61 Å². The number of amides is 1. The molecule has 0 aliphatic rings. The van der Waals surface area contributed by atoms with Crippen LogP contribution < -0.4 is 5.32 Å². The Hall–Kier alpha value is -2.50. The SMILES string of the molecule is COCC(C)NC(=O)c1cc(C(=S)C=CN(C)C)cc(-c2ccc(C)cc2)c1. The predicted molar refractivity (Wildman–Crippen MR) is 120 cm³/mol.